The highest BCUT2D eigenvalue weighted by molar-refractivity contribution is 7.88. The van der Waals surface area contributed by atoms with Crippen molar-refractivity contribution in [2.75, 3.05) is 39.5 Å². The third-order valence-corrected chi connectivity index (χ3v) is 5.53. The van der Waals surface area contributed by atoms with Gasteiger partial charge in [0.25, 0.3) is 5.91 Å². The van der Waals surface area contributed by atoms with Gasteiger partial charge in [-0.3, -0.25) is 4.79 Å². The molecular weight excluding hydrogens is 314 g/mol. The third kappa shape index (κ3) is 5.30. The molecule has 7 heteroatoms. The summed E-state index contributed by atoms with van der Waals surface area (Å²) >= 11 is 0. The van der Waals surface area contributed by atoms with Gasteiger partial charge < -0.3 is 10.6 Å². The Bertz CT molecular complexity index is 622. The highest BCUT2D eigenvalue weighted by atomic mass is 32.2. The van der Waals surface area contributed by atoms with Crippen molar-refractivity contribution in [2.45, 2.75) is 18.8 Å². The van der Waals surface area contributed by atoms with Gasteiger partial charge >= 0.3 is 0 Å². The first-order valence-electron chi connectivity index (χ1n) is 7.88. The molecule has 0 aromatic heterocycles. The Morgan fingerprint density at radius 3 is 2.61 bits per heavy atom. The highest BCUT2D eigenvalue weighted by Gasteiger charge is 2.16. The molecule has 23 heavy (non-hydrogen) atoms. The lowest BCUT2D eigenvalue weighted by molar-refractivity contribution is 0.0952. The molecule has 1 fully saturated rings. The number of nitrogens with one attached hydrogen (secondary N) is 2. The van der Waals surface area contributed by atoms with Crippen molar-refractivity contribution in [3.8, 4) is 0 Å². The van der Waals surface area contributed by atoms with Gasteiger partial charge in [-0.25, -0.2) is 12.7 Å². The summed E-state index contributed by atoms with van der Waals surface area (Å²) in [6.07, 6.45) is 3.50. The molecule has 2 N–H and O–H groups in total. The lowest BCUT2D eigenvalue weighted by atomic mass is 9.91. The quantitative estimate of drug-likeness (QED) is 0.803. The molecule has 0 unspecified atom stereocenters. The second kappa shape index (κ2) is 7.90. The van der Waals surface area contributed by atoms with Crippen LogP contribution in [0, 0.1) is 0 Å². The largest absolute Gasteiger partial charge is 0.351 e. The number of likely N-dealkylation sites (N-methyl/N-ethyl adjacent to an activating group) is 1. The van der Waals surface area contributed by atoms with Crippen molar-refractivity contribution in [2.24, 2.45) is 0 Å². The SMILES string of the molecule is CN(CCNC(=O)c1ccc([C@H]2CCCNC2)cc1)S(C)(=O)=O. The van der Waals surface area contributed by atoms with Crippen molar-refractivity contribution in [3.05, 3.63) is 35.4 Å². The molecule has 1 aliphatic heterocycles. The molecule has 1 aromatic rings. The summed E-state index contributed by atoms with van der Waals surface area (Å²) in [6, 6.07) is 7.68. The molecule has 1 heterocycles. The molecule has 0 aliphatic carbocycles. The van der Waals surface area contributed by atoms with E-state index in [9.17, 15) is 13.2 Å². The topological polar surface area (TPSA) is 78.5 Å². The van der Waals surface area contributed by atoms with Crippen LogP contribution in [-0.2, 0) is 10.0 Å². The molecule has 128 valence electrons. The fourth-order valence-electron chi connectivity index (χ4n) is 2.64. The average Bonchev–Trinajstić information content (AvgIpc) is 2.54. The number of nitrogens with zero attached hydrogens (tertiary/aromatic N) is 1. The summed E-state index contributed by atoms with van der Waals surface area (Å²) in [5, 5.41) is 6.13. The second-order valence-electron chi connectivity index (χ2n) is 6.01. The lowest BCUT2D eigenvalue weighted by Crippen LogP contribution is -2.35. The van der Waals surface area contributed by atoms with Gasteiger partial charge in [-0.05, 0) is 43.0 Å². The van der Waals surface area contributed by atoms with E-state index in [1.165, 1.54) is 29.8 Å². The Hall–Kier alpha value is -1.44. The van der Waals surface area contributed by atoms with Crippen LogP contribution in [0.15, 0.2) is 24.3 Å². The van der Waals surface area contributed by atoms with E-state index in [1.54, 1.807) is 0 Å². The zero-order chi connectivity index (χ0) is 16.9. The number of benzene rings is 1. The molecule has 1 saturated heterocycles. The molecule has 1 aliphatic rings. The fraction of sp³-hybridized carbons (Fsp3) is 0.562. The minimum Gasteiger partial charge on any atom is -0.351 e. The summed E-state index contributed by atoms with van der Waals surface area (Å²) in [5.41, 5.74) is 1.85. The van der Waals surface area contributed by atoms with E-state index in [1.807, 2.05) is 24.3 Å². The molecule has 1 aromatic carbocycles. The standard InChI is InChI=1S/C16H25N3O3S/c1-19(23(2,21)22)11-10-18-16(20)14-7-5-13(6-8-14)15-4-3-9-17-12-15/h5-8,15,17H,3-4,9-12H2,1-2H3,(H,18,20)/t15-/m0/s1. The van der Waals surface area contributed by atoms with Crippen LogP contribution in [0.2, 0.25) is 0 Å². The number of rotatable bonds is 6. The number of amides is 1. The predicted molar refractivity (Wildman–Crippen MR) is 91.1 cm³/mol. The van der Waals surface area contributed by atoms with E-state index < -0.39 is 10.0 Å². The number of carbonyl (C=O) groups is 1. The minimum absolute atomic E-state index is 0.180. The van der Waals surface area contributed by atoms with Gasteiger partial charge in [-0.15, -0.1) is 0 Å². The monoisotopic (exact) mass is 339 g/mol. The fourth-order valence-corrected chi connectivity index (χ4v) is 3.06. The van der Waals surface area contributed by atoms with Crippen molar-refractivity contribution in [3.63, 3.8) is 0 Å². The van der Waals surface area contributed by atoms with Gasteiger partial charge in [0.15, 0.2) is 0 Å². The van der Waals surface area contributed by atoms with Gasteiger partial charge in [0.1, 0.15) is 0 Å². The zero-order valence-electron chi connectivity index (χ0n) is 13.7. The van der Waals surface area contributed by atoms with E-state index in [0.717, 1.165) is 19.3 Å². The van der Waals surface area contributed by atoms with Crippen molar-refractivity contribution in [1.82, 2.24) is 14.9 Å². The summed E-state index contributed by atoms with van der Waals surface area (Å²) in [4.78, 5) is 12.1. The van der Waals surface area contributed by atoms with Crippen LogP contribution in [0.4, 0.5) is 0 Å². The molecule has 0 radical (unpaired) electrons. The van der Waals surface area contributed by atoms with E-state index in [4.69, 9.17) is 0 Å². The van der Waals surface area contributed by atoms with Gasteiger partial charge in [-0.2, -0.15) is 0 Å². The minimum atomic E-state index is -3.21. The maximum absolute atomic E-state index is 12.1. The smallest absolute Gasteiger partial charge is 0.251 e. The summed E-state index contributed by atoms with van der Waals surface area (Å²) in [7, 11) is -1.71. The van der Waals surface area contributed by atoms with Crippen LogP contribution < -0.4 is 10.6 Å². The van der Waals surface area contributed by atoms with Crippen LogP contribution in [-0.4, -0.2) is 58.1 Å². The Balaban J connectivity index is 1.85. The molecular formula is C16H25N3O3S. The highest BCUT2D eigenvalue weighted by Crippen LogP contribution is 2.23. The van der Waals surface area contributed by atoms with Gasteiger partial charge in [0.05, 0.1) is 6.26 Å². The van der Waals surface area contributed by atoms with Gasteiger partial charge in [-0.1, -0.05) is 12.1 Å². The summed E-state index contributed by atoms with van der Waals surface area (Å²) < 4.78 is 23.8. The Morgan fingerprint density at radius 1 is 1.35 bits per heavy atom. The van der Waals surface area contributed by atoms with E-state index in [0.29, 0.717) is 11.5 Å². The number of hydrogen-bond acceptors (Lipinski definition) is 4. The van der Waals surface area contributed by atoms with Crippen LogP contribution >= 0.6 is 0 Å². The maximum atomic E-state index is 12.1. The molecule has 0 bridgehead atoms. The first-order valence-corrected chi connectivity index (χ1v) is 9.73. The number of carbonyl (C=O) groups excluding carboxylic acids is 1. The molecule has 0 spiro atoms. The van der Waals surface area contributed by atoms with Crippen LogP contribution in [0.1, 0.15) is 34.7 Å². The molecule has 2 rings (SSSR count). The Kier molecular flexibility index (Phi) is 6.15. The van der Waals surface area contributed by atoms with Crippen molar-refractivity contribution < 1.29 is 13.2 Å². The van der Waals surface area contributed by atoms with E-state index in [-0.39, 0.29) is 19.0 Å². The molecule has 0 saturated carbocycles. The average molecular weight is 339 g/mol. The van der Waals surface area contributed by atoms with Gasteiger partial charge in [0, 0.05) is 32.2 Å². The number of sulfonamides is 1. The summed E-state index contributed by atoms with van der Waals surface area (Å²) in [6.45, 7) is 2.62. The first kappa shape index (κ1) is 17.9. The van der Waals surface area contributed by atoms with Crippen LogP contribution in [0.3, 0.4) is 0 Å². The normalized spacial score (nSPS) is 18.8. The predicted octanol–water partition coefficient (Wildman–Crippen LogP) is 0.775. The summed E-state index contributed by atoms with van der Waals surface area (Å²) in [5.74, 6) is 0.337. The Labute approximate surface area is 138 Å². The van der Waals surface area contributed by atoms with Gasteiger partial charge in [0.2, 0.25) is 10.0 Å². The van der Waals surface area contributed by atoms with E-state index in [2.05, 4.69) is 10.6 Å². The van der Waals surface area contributed by atoms with E-state index >= 15 is 0 Å². The molecule has 1 atom stereocenters. The number of hydrogen-bond donors (Lipinski definition) is 2. The maximum Gasteiger partial charge on any atom is 0.251 e. The van der Waals surface area contributed by atoms with Crippen LogP contribution in [0.25, 0.3) is 0 Å². The number of piperidine rings is 1. The van der Waals surface area contributed by atoms with Crippen molar-refractivity contribution >= 4 is 15.9 Å². The Morgan fingerprint density at radius 2 is 2.04 bits per heavy atom. The lowest BCUT2D eigenvalue weighted by Gasteiger charge is -2.23. The van der Waals surface area contributed by atoms with Crippen LogP contribution in [0.5, 0.6) is 0 Å². The zero-order valence-corrected chi connectivity index (χ0v) is 14.5. The first-order chi connectivity index (χ1) is 10.9. The third-order valence-electron chi connectivity index (χ3n) is 4.22. The second-order valence-corrected chi connectivity index (χ2v) is 8.10. The molecule has 6 nitrogen and oxygen atoms in total. The van der Waals surface area contributed by atoms with Crippen molar-refractivity contribution in [1.29, 1.82) is 0 Å². The molecule has 1 amide bonds.